The molecule has 602 valence electrons. The van der Waals surface area contributed by atoms with Gasteiger partial charge in [-0.25, -0.2) is 101 Å². The Bertz CT molecular complexity index is 3000. The molecule has 0 aliphatic carbocycles. The van der Waals surface area contributed by atoms with Gasteiger partial charge in [0.1, 0.15) is 0 Å². The second-order valence-corrected chi connectivity index (χ2v) is 32.0. The molecule has 0 saturated carbocycles. The summed E-state index contributed by atoms with van der Waals surface area (Å²) in [5, 5.41) is 0. The minimum atomic E-state index is -6.72. The quantitative estimate of drug-likeness (QED) is 0.193. The third-order valence-electron chi connectivity index (χ3n) is 4.69. The summed E-state index contributed by atoms with van der Waals surface area (Å²) in [4.78, 5) is 0. The zero-order chi connectivity index (χ0) is 76.2. The summed E-state index contributed by atoms with van der Waals surface area (Å²) in [6, 6.07) is 0. The van der Waals surface area contributed by atoms with Crippen molar-refractivity contribution in [2.24, 2.45) is 0 Å². The van der Waals surface area contributed by atoms with Gasteiger partial charge in [-0.15, -0.1) is 0 Å². The maximum absolute atomic E-state index is 11.4. The molecule has 0 unspecified atom stereocenters. The van der Waals surface area contributed by atoms with Gasteiger partial charge in [-0.05, 0) is 0 Å². The van der Waals surface area contributed by atoms with Crippen molar-refractivity contribution >= 4 is 120 Å². The van der Waals surface area contributed by atoms with E-state index in [1.54, 1.807) is 0 Å². The molecule has 2 radical (unpaired) electrons. The van der Waals surface area contributed by atoms with Crippen LogP contribution in [0.2, 0.25) is 0 Å². The van der Waals surface area contributed by atoms with E-state index in [0.29, 0.717) is 0 Å². The number of nitrogens with zero attached hydrogens (tertiary/aromatic N) is 6. The summed E-state index contributed by atoms with van der Waals surface area (Å²) in [5.41, 5.74) is -74.4. The van der Waals surface area contributed by atoms with E-state index in [2.05, 4.69) is 0 Å². The predicted molar refractivity (Wildman–Crippen MR) is 229 cm³/mol. The van der Waals surface area contributed by atoms with E-state index in [1.165, 1.54) is 0 Å². The van der Waals surface area contributed by atoms with E-state index in [4.69, 9.17) is 0 Å². The number of hydrogen-bond donors (Lipinski definition) is 0. The average Bonchev–Trinajstić information content (AvgIpc) is 3.11. The van der Waals surface area contributed by atoms with E-state index >= 15 is 0 Å². The summed E-state index contributed by atoms with van der Waals surface area (Å²) in [6.45, 7) is 0. The van der Waals surface area contributed by atoms with Crippen molar-refractivity contribution in [3.05, 3.63) is 24.8 Å². The van der Waals surface area contributed by atoms with Crippen molar-refractivity contribution in [3.63, 3.8) is 0 Å². The molecule has 98 heavy (non-hydrogen) atoms. The Labute approximate surface area is 581 Å². The average molecular weight is 2080 g/mol. The van der Waals surface area contributed by atoms with Gasteiger partial charge in [-0.1, -0.05) is 0 Å². The Balaban J connectivity index is -0.0000000708. The minimum Gasteiger partial charge on any atom is -0.457 e. The van der Waals surface area contributed by atoms with Crippen LogP contribution in [0, 0.1) is 83.5 Å². The molecule has 86 heteroatoms. The zero-order valence-electron chi connectivity index (χ0n) is 41.5. The van der Waals surface area contributed by atoms with Crippen LogP contribution >= 0.6 is 0 Å². The first kappa shape index (κ1) is 130. The monoisotopic (exact) mass is 2070 g/mol. The molecule has 0 atom stereocenters. The Morgan fingerprint density at radius 2 is 0.153 bits per heavy atom. The SMILES string of the molecule is O=S(=O)([N-]S(=O)(=O)C(F)(F)F)C(F)(F)F.O=S(=O)([N-]S(=O)(=O)C(F)(F)F)C(F)(F)F.O=S(=O)([N-]S(=O)(=O)C(F)(F)F)C(F)(F)F.O=S(=O)([N-]S(=O)(=O)C(F)(F)F)C(F)(F)F.O=S(=O)([N-]S(=O)(=O)C(F)(F)F)C(F)(F)F.O=S(=O)([N-]S(=O)(=O)C(F)(F)F)C(F)(F)F.[Ce+3].[Ce+3].[OH3+].[OH3+].[OH3+].[OH3+].[OH3+].[OH3+]. The van der Waals surface area contributed by atoms with Crippen molar-refractivity contribution in [1.29, 1.82) is 0 Å². The third kappa shape index (κ3) is 41.2. The Morgan fingerprint density at radius 1 is 0.122 bits per heavy atom. The zero-order valence-corrected chi connectivity index (χ0v) is 57.5. The second kappa shape index (κ2) is 39.1. The van der Waals surface area contributed by atoms with Crippen LogP contribution in [-0.4, -0.2) is 167 Å². The summed E-state index contributed by atoms with van der Waals surface area (Å²) in [7, 11) is -80.7. The van der Waals surface area contributed by atoms with E-state index in [-0.39, 0.29) is 116 Å². The van der Waals surface area contributed by atoms with Gasteiger partial charge in [-0.3, -0.25) is 0 Å². The first-order chi connectivity index (χ1) is 37.2. The van der Waals surface area contributed by atoms with Gasteiger partial charge in [0.25, 0.3) is 0 Å². The molecular weight excluding hydrogens is 2060 g/mol. The normalized spacial score (nSPS) is 14.1. The topological polar surface area (TPSA) is 692 Å². The summed E-state index contributed by atoms with van der Waals surface area (Å²) in [6.07, 6.45) is 0. The molecule has 0 spiro atoms. The van der Waals surface area contributed by atoms with Crippen LogP contribution in [-0.2, 0) is 153 Å². The number of sulfonamides is 12. The van der Waals surface area contributed by atoms with Crippen LogP contribution < -0.4 is 0 Å². The van der Waals surface area contributed by atoms with Crippen molar-refractivity contribution < 1.29 is 375 Å². The number of rotatable bonds is 12. The number of hydrogen-bond acceptors (Lipinski definition) is 24. The molecule has 0 fully saturated rings. The fourth-order valence-corrected chi connectivity index (χ4v) is 11.5. The fraction of sp³-hybridized carbons (Fsp3) is 1.00. The standard InChI is InChI=1S/6C2F6NO4S2.2Ce.6H2O/c6*3-1(4,5)14(10,11)9-15(12,13)2(6,7)8;;;;;;;;/h;;;;;;;;6*1H2/q6*-1;2*+3;;;;;;/p+6. The van der Waals surface area contributed by atoms with Crippen LogP contribution in [0.25, 0.3) is 24.8 Å². The summed E-state index contributed by atoms with van der Waals surface area (Å²) in [5.74, 6) is 0. The second-order valence-electron chi connectivity index (χ2n) is 11.5. The maximum Gasteiger partial charge on any atom is 3.00 e. The molecule has 0 aromatic carbocycles. The van der Waals surface area contributed by atoms with Crippen molar-refractivity contribution in [1.82, 2.24) is 0 Å². The molecule has 0 bridgehead atoms. The van der Waals surface area contributed by atoms with Crippen LogP contribution in [0.1, 0.15) is 0 Å². The van der Waals surface area contributed by atoms with Gasteiger partial charge in [0.2, 0.25) is 0 Å². The largest absolute Gasteiger partial charge is 3.00 e. The van der Waals surface area contributed by atoms with Gasteiger partial charge in [0.15, 0.2) is 120 Å². The van der Waals surface area contributed by atoms with Gasteiger partial charge in [0.05, 0.1) is 0 Å². The molecule has 0 aliphatic heterocycles. The first-order valence-electron chi connectivity index (χ1n) is 15.4. The maximum atomic E-state index is 11.4. The van der Waals surface area contributed by atoms with E-state index in [0.717, 1.165) is 24.8 Å². The molecule has 0 aromatic rings. The Kier molecular flexibility index (Phi) is 51.9. The predicted octanol–water partition coefficient (Wildman–Crippen LogP) is 0.824. The Hall–Kier alpha value is -0.847. The van der Waals surface area contributed by atoms with E-state index in [1.807, 2.05) is 0 Å². The fourth-order valence-electron chi connectivity index (χ4n) is 1.28. The van der Waals surface area contributed by atoms with E-state index in [9.17, 15) is 259 Å². The molecule has 0 aromatic heterocycles. The van der Waals surface area contributed by atoms with Crippen molar-refractivity contribution in [2.45, 2.75) is 66.1 Å². The molecule has 0 saturated heterocycles. The molecule has 18 N–H and O–H groups in total. The smallest absolute Gasteiger partial charge is 0.457 e. The molecule has 36 nitrogen and oxygen atoms in total. The van der Waals surface area contributed by atoms with E-state index < -0.39 is 186 Å². The molecule has 0 heterocycles. The van der Waals surface area contributed by atoms with Crippen LogP contribution in [0.4, 0.5) is 158 Å². The van der Waals surface area contributed by atoms with Crippen molar-refractivity contribution in [2.75, 3.05) is 0 Å². The van der Waals surface area contributed by atoms with Crippen LogP contribution in [0.15, 0.2) is 0 Å². The first-order valence-corrected chi connectivity index (χ1v) is 32.7. The van der Waals surface area contributed by atoms with Gasteiger partial charge in [-0.2, -0.15) is 158 Å². The third-order valence-corrected chi connectivity index (χ3v) is 21.1. The summed E-state index contributed by atoms with van der Waals surface area (Å²) < 4.78 is 655. The van der Waals surface area contributed by atoms with Gasteiger partial charge in [0, 0.05) is 0 Å². The molecular formula is C12H18Ce2F36N6O30S12+6. The van der Waals surface area contributed by atoms with Gasteiger partial charge >= 0.3 is 150 Å². The van der Waals surface area contributed by atoms with Crippen LogP contribution in [0.5, 0.6) is 0 Å². The van der Waals surface area contributed by atoms with Gasteiger partial charge < -0.3 is 57.6 Å². The minimum absolute atomic E-state index is 0. The molecule has 0 rings (SSSR count). The number of alkyl halides is 36. The molecule has 0 amide bonds. The number of halogens is 36. The Morgan fingerprint density at radius 3 is 0.173 bits per heavy atom. The van der Waals surface area contributed by atoms with Crippen molar-refractivity contribution in [3.8, 4) is 0 Å². The summed E-state index contributed by atoms with van der Waals surface area (Å²) >= 11 is 0. The molecule has 0 aliphatic rings. The van der Waals surface area contributed by atoms with Crippen LogP contribution in [0.3, 0.4) is 0 Å².